The van der Waals surface area contributed by atoms with Crippen molar-refractivity contribution in [1.29, 1.82) is 0 Å². The maximum atomic E-state index is 11.4. The fourth-order valence-corrected chi connectivity index (χ4v) is 14.4. The van der Waals surface area contributed by atoms with Gasteiger partial charge in [0.1, 0.15) is 67.1 Å². The summed E-state index contributed by atoms with van der Waals surface area (Å²) in [5.74, 6) is 3.25. The highest BCUT2D eigenvalue weighted by molar-refractivity contribution is 5.15. The van der Waals surface area contributed by atoms with E-state index in [2.05, 4.69) is 27.7 Å². The standard InChI is InChI=1S/C44H72O17/c1-19-7-12-44(55-17-19)20(2)30-27(61-44)14-25-23-6-5-21-13-22(8-10-42(21,3)24(23)9-11-43(25,30)4)56-41-38(33(50)32(49)28(15-45)57-41)60-40-36(53)34(51)37(29(16-46)58-40)59-39-35(52)31(48)26(47)18-54-39/h19-41,45-53H,5-18H2,1-4H3/t19-,20-,21+,22-,23+,24-,25-,26+,27-,28+,29+,30-,31-,32+,33-,34+,35+,36+,37+,38+,39-,40-,41+,42-,43-,44+/m0/s1. The lowest BCUT2D eigenvalue weighted by Gasteiger charge is -2.61. The van der Waals surface area contributed by atoms with Crippen LogP contribution in [0.25, 0.3) is 0 Å². The summed E-state index contributed by atoms with van der Waals surface area (Å²) in [6, 6.07) is 0. The molecule has 350 valence electrons. The van der Waals surface area contributed by atoms with Crippen molar-refractivity contribution in [2.45, 2.75) is 196 Å². The van der Waals surface area contributed by atoms with Crippen molar-refractivity contribution in [3.05, 3.63) is 0 Å². The molecule has 0 aromatic rings. The molecule has 0 aromatic heterocycles. The summed E-state index contributed by atoms with van der Waals surface area (Å²) in [6.07, 6.45) is -11.3. The second-order valence-corrected chi connectivity index (χ2v) is 21.1. The first-order valence-corrected chi connectivity index (χ1v) is 23.2. The Labute approximate surface area is 357 Å². The van der Waals surface area contributed by atoms with Crippen LogP contribution in [0.15, 0.2) is 0 Å². The fourth-order valence-electron chi connectivity index (χ4n) is 14.4. The summed E-state index contributed by atoms with van der Waals surface area (Å²) < 4.78 is 49.1. The first-order chi connectivity index (χ1) is 29.0. The summed E-state index contributed by atoms with van der Waals surface area (Å²) in [7, 11) is 0. The molecule has 9 N–H and O–H groups in total. The van der Waals surface area contributed by atoms with Crippen LogP contribution in [0, 0.1) is 52.3 Å². The largest absolute Gasteiger partial charge is 0.394 e. The Hall–Kier alpha value is -0.680. The number of ether oxygens (including phenoxy) is 8. The van der Waals surface area contributed by atoms with Gasteiger partial charge in [0.25, 0.3) is 0 Å². The maximum Gasteiger partial charge on any atom is 0.187 e. The molecule has 5 saturated heterocycles. The zero-order valence-corrected chi connectivity index (χ0v) is 36.0. The molecule has 26 atom stereocenters. The van der Waals surface area contributed by atoms with Crippen LogP contribution >= 0.6 is 0 Å². The van der Waals surface area contributed by atoms with Crippen LogP contribution in [0.1, 0.15) is 91.9 Å². The lowest BCUT2D eigenvalue weighted by molar-refractivity contribution is -0.384. The van der Waals surface area contributed by atoms with E-state index in [4.69, 9.17) is 37.9 Å². The SMILES string of the molecule is C[C@H]1CC[C@@]2(OC1)O[C@H]1C[C@H]3[C@@H]4CC[C@@H]5C[C@@H](O[C@@H]6O[C@H](CO)[C@@H](O)[C@H](O)[C@H]6O[C@@H]6O[C@H](CO)[C@@H](O[C@@H]7OC[C@@H](O)[C@H](O)[C@H]7O)[C@H](O)[C@H]6O)CC[C@]5(C)[C@H]4CC[C@]3(C)[C@H]1[C@@H]2C. The van der Waals surface area contributed by atoms with Crippen LogP contribution in [0.2, 0.25) is 0 Å². The van der Waals surface area contributed by atoms with Crippen LogP contribution in [-0.2, 0) is 37.9 Å². The molecule has 1 spiro atoms. The molecule has 4 aliphatic carbocycles. The van der Waals surface area contributed by atoms with E-state index in [-0.39, 0.29) is 29.6 Å². The molecule has 5 heterocycles. The minimum absolute atomic E-state index is 0.121. The van der Waals surface area contributed by atoms with Gasteiger partial charge in [-0.1, -0.05) is 27.7 Å². The van der Waals surface area contributed by atoms with E-state index in [1.165, 1.54) is 12.8 Å². The Bertz CT molecular complexity index is 1520. The number of hydrogen-bond donors (Lipinski definition) is 9. The molecule has 9 rings (SSSR count). The molecule has 4 saturated carbocycles. The van der Waals surface area contributed by atoms with Gasteiger partial charge in [0, 0.05) is 12.3 Å². The zero-order chi connectivity index (χ0) is 43.3. The van der Waals surface area contributed by atoms with E-state index >= 15 is 0 Å². The second kappa shape index (κ2) is 17.2. The van der Waals surface area contributed by atoms with Gasteiger partial charge in [-0.05, 0) is 104 Å². The Morgan fingerprint density at radius 3 is 2.02 bits per heavy atom. The summed E-state index contributed by atoms with van der Waals surface area (Å²) in [5, 5.41) is 95.3. The first kappa shape index (κ1) is 45.5. The van der Waals surface area contributed by atoms with Crippen molar-refractivity contribution in [2.24, 2.45) is 52.3 Å². The third-order valence-corrected chi connectivity index (χ3v) is 17.9. The van der Waals surface area contributed by atoms with Crippen LogP contribution in [0.3, 0.4) is 0 Å². The van der Waals surface area contributed by atoms with Crippen molar-refractivity contribution < 1.29 is 83.9 Å². The average Bonchev–Trinajstić information content (AvgIpc) is 3.69. The predicted octanol–water partition coefficient (Wildman–Crippen LogP) is -0.0945. The Morgan fingerprint density at radius 1 is 0.607 bits per heavy atom. The van der Waals surface area contributed by atoms with Gasteiger partial charge in [-0.3, -0.25) is 0 Å². The quantitative estimate of drug-likeness (QED) is 0.145. The van der Waals surface area contributed by atoms with E-state index < -0.39 is 105 Å². The maximum absolute atomic E-state index is 11.4. The predicted molar refractivity (Wildman–Crippen MR) is 210 cm³/mol. The Balaban J connectivity index is 0.853. The smallest absolute Gasteiger partial charge is 0.187 e. The molecular weight excluding hydrogens is 800 g/mol. The van der Waals surface area contributed by atoms with E-state index in [1.54, 1.807) is 0 Å². The number of aliphatic hydroxyl groups is 9. The monoisotopic (exact) mass is 872 g/mol. The van der Waals surface area contributed by atoms with Crippen molar-refractivity contribution in [3.8, 4) is 0 Å². The van der Waals surface area contributed by atoms with Gasteiger partial charge in [-0.15, -0.1) is 0 Å². The molecular formula is C44H72O17. The first-order valence-electron chi connectivity index (χ1n) is 23.2. The number of rotatable bonds is 8. The van der Waals surface area contributed by atoms with E-state index in [0.717, 1.165) is 58.0 Å². The van der Waals surface area contributed by atoms with Crippen molar-refractivity contribution in [1.82, 2.24) is 0 Å². The number of fused-ring (bicyclic) bond motifs is 7. The second-order valence-electron chi connectivity index (χ2n) is 21.1. The van der Waals surface area contributed by atoms with E-state index in [9.17, 15) is 46.0 Å². The van der Waals surface area contributed by atoms with Gasteiger partial charge in [0.2, 0.25) is 0 Å². The molecule has 9 fully saturated rings. The summed E-state index contributed by atoms with van der Waals surface area (Å²) in [6.45, 7) is 8.74. The molecule has 0 radical (unpaired) electrons. The van der Waals surface area contributed by atoms with E-state index in [1.807, 2.05) is 0 Å². The van der Waals surface area contributed by atoms with Gasteiger partial charge in [-0.25, -0.2) is 0 Å². The lowest BCUT2D eigenvalue weighted by atomic mass is 9.44. The molecule has 9 aliphatic rings. The molecule has 17 heteroatoms. The third-order valence-electron chi connectivity index (χ3n) is 17.9. The number of hydrogen-bond acceptors (Lipinski definition) is 17. The van der Waals surface area contributed by atoms with Crippen LogP contribution in [0.4, 0.5) is 0 Å². The van der Waals surface area contributed by atoms with Crippen LogP contribution in [0.5, 0.6) is 0 Å². The van der Waals surface area contributed by atoms with Crippen LogP contribution < -0.4 is 0 Å². The molecule has 61 heavy (non-hydrogen) atoms. The topological polar surface area (TPSA) is 256 Å². The molecule has 5 aliphatic heterocycles. The molecule has 0 aromatic carbocycles. The highest BCUT2D eigenvalue weighted by Crippen LogP contribution is 2.71. The third kappa shape index (κ3) is 7.58. The zero-order valence-electron chi connectivity index (χ0n) is 36.0. The molecule has 0 amide bonds. The summed E-state index contributed by atoms with van der Waals surface area (Å²) in [5.41, 5.74) is 0.347. The van der Waals surface area contributed by atoms with Crippen molar-refractivity contribution in [2.75, 3.05) is 26.4 Å². The van der Waals surface area contributed by atoms with Gasteiger partial charge in [0.15, 0.2) is 24.7 Å². The lowest BCUT2D eigenvalue weighted by Crippen LogP contribution is -2.66. The normalized spacial score (nSPS) is 58.5. The van der Waals surface area contributed by atoms with Crippen molar-refractivity contribution in [3.63, 3.8) is 0 Å². The van der Waals surface area contributed by atoms with Gasteiger partial charge in [-0.2, -0.15) is 0 Å². The van der Waals surface area contributed by atoms with Gasteiger partial charge in [0.05, 0.1) is 38.6 Å². The molecule has 0 unspecified atom stereocenters. The van der Waals surface area contributed by atoms with Crippen molar-refractivity contribution >= 4 is 0 Å². The minimum Gasteiger partial charge on any atom is -0.394 e. The average molecular weight is 873 g/mol. The highest BCUT2D eigenvalue weighted by Gasteiger charge is 2.69. The molecule has 17 nitrogen and oxygen atoms in total. The highest BCUT2D eigenvalue weighted by atomic mass is 16.8. The minimum atomic E-state index is -1.84. The Kier molecular flexibility index (Phi) is 12.8. The van der Waals surface area contributed by atoms with E-state index in [0.29, 0.717) is 41.4 Å². The van der Waals surface area contributed by atoms with Crippen LogP contribution in [-0.4, -0.2) is 176 Å². The Morgan fingerprint density at radius 2 is 1.30 bits per heavy atom. The van der Waals surface area contributed by atoms with Gasteiger partial charge >= 0.3 is 0 Å². The fraction of sp³-hybridized carbons (Fsp3) is 1.00. The summed E-state index contributed by atoms with van der Waals surface area (Å²) in [4.78, 5) is 0. The molecule has 0 bridgehead atoms. The summed E-state index contributed by atoms with van der Waals surface area (Å²) >= 11 is 0. The van der Waals surface area contributed by atoms with Gasteiger partial charge < -0.3 is 83.9 Å². The number of aliphatic hydroxyl groups excluding tert-OH is 9.